The number of anilines is 1. The third kappa shape index (κ3) is 2.99. The molecule has 1 aromatic heterocycles. The van der Waals surface area contributed by atoms with Gasteiger partial charge in [-0.05, 0) is 37.3 Å². The van der Waals surface area contributed by atoms with Gasteiger partial charge < -0.3 is 15.0 Å². The summed E-state index contributed by atoms with van der Waals surface area (Å²) in [6.45, 7) is 1.63. The Morgan fingerprint density at radius 1 is 1.00 bits per heavy atom. The lowest BCUT2D eigenvalue weighted by Gasteiger charge is -2.15. The number of rotatable bonds is 4. The number of H-pyrrole nitrogens is 1. The van der Waals surface area contributed by atoms with Crippen molar-refractivity contribution in [3.63, 3.8) is 0 Å². The van der Waals surface area contributed by atoms with E-state index in [9.17, 15) is 9.18 Å². The number of aromatic nitrogens is 1. The van der Waals surface area contributed by atoms with Crippen LogP contribution in [0.3, 0.4) is 0 Å². The van der Waals surface area contributed by atoms with Gasteiger partial charge in [0.1, 0.15) is 11.6 Å². The second-order valence-corrected chi connectivity index (χ2v) is 6.11. The van der Waals surface area contributed by atoms with E-state index in [0.29, 0.717) is 5.75 Å². The standard InChI is InChI=1S/C21H17FN2O2/c1-13(21(25)24-19-9-5-3-7-17(19)22)26-14-10-11-16-15-6-2-4-8-18(15)23-20(16)12-14/h2-13,23H,1H3,(H,24,25)/t13-/m0/s1. The van der Waals surface area contributed by atoms with E-state index < -0.39 is 17.8 Å². The summed E-state index contributed by atoms with van der Waals surface area (Å²) in [5.74, 6) is -0.320. The molecule has 4 aromatic rings. The average molecular weight is 348 g/mol. The molecule has 5 heteroatoms. The third-order valence-corrected chi connectivity index (χ3v) is 4.29. The number of carbonyl (C=O) groups excluding carboxylic acids is 1. The molecule has 0 saturated carbocycles. The molecule has 1 atom stereocenters. The van der Waals surface area contributed by atoms with E-state index in [1.807, 2.05) is 36.4 Å². The van der Waals surface area contributed by atoms with Crippen LogP contribution in [0.4, 0.5) is 10.1 Å². The van der Waals surface area contributed by atoms with Crippen LogP contribution in [0.1, 0.15) is 6.92 Å². The van der Waals surface area contributed by atoms with Crippen LogP contribution in [-0.4, -0.2) is 17.0 Å². The fourth-order valence-corrected chi connectivity index (χ4v) is 2.96. The summed E-state index contributed by atoms with van der Waals surface area (Å²) in [6.07, 6.45) is -0.767. The first-order valence-electron chi connectivity index (χ1n) is 8.34. The maximum absolute atomic E-state index is 13.7. The smallest absolute Gasteiger partial charge is 0.265 e. The Morgan fingerprint density at radius 2 is 1.73 bits per heavy atom. The van der Waals surface area contributed by atoms with E-state index in [4.69, 9.17) is 4.74 Å². The third-order valence-electron chi connectivity index (χ3n) is 4.29. The van der Waals surface area contributed by atoms with Gasteiger partial charge in [-0.15, -0.1) is 0 Å². The van der Waals surface area contributed by atoms with E-state index in [2.05, 4.69) is 16.4 Å². The molecule has 4 nitrogen and oxygen atoms in total. The van der Waals surface area contributed by atoms with Gasteiger partial charge in [0.25, 0.3) is 5.91 Å². The monoisotopic (exact) mass is 348 g/mol. The molecule has 1 amide bonds. The van der Waals surface area contributed by atoms with Crippen LogP contribution in [0.2, 0.25) is 0 Å². The maximum atomic E-state index is 13.7. The minimum absolute atomic E-state index is 0.138. The van der Waals surface area contributed by atoms with Crippen molar-refractivity contribution in [3.8, 4) is 5.75 Å². The summed E-state index contributed by atoms with van der Waals surface area (Å²) in [6, 6.07) is 19.7. The number of nitrogens with one attached hydrogen (secondary N) is 2. The summed E-state index contributed by atoms with van der Waals surface area (Å²) < 4.78 is 19.4. The number of aromatic amines is 1. The summed E-state index contributed by atoms with van der Waals surface area (Å²) in [5, 5.41) is 4.77. The summed E-state index contributed by atoms with van der Waals surface area (Å²) >= 11 is 0. The molecule has 3 aromatic carbocycles. The first kappa shape index (κ1) is 16.1. The van der Waals surface area contributed by atoms with E-state index in [1.54, 1.807) is 19.1 Å². The van der Waals surface area contributed by atoms with Gasteiger partial charge in [0.05, 0.1) is 11.2 Å². The first-order valence-corrected chi connectivity index (χ1v) is 8.34. The number of halogens is 1. The molecule has 0 aliphatic carbocycles. The molecular weight excluding hydrogens is 331 g/mol. The molecule has 4 rings (SSSR count). The van der Waals surface area contributed by atoms with Crippen molar-refractivity contribution in [2.45, 2.75) is 13.0 Å². The van der Waals surface area contributed by atoms with E-state index in [1.165, 1.54) is 12.1 Å². The average Bonchev–Trinajstić information content (AvgIpc) is 3.01. The quantitative estimate of drug-likeness (QED) is 0.553. The predicted molar refractivity (Wildman–Crippen MR) is 101 cm³/mol. The molecule has 2 N–H and O–H groups in total. The van der Waals surface area contributed by atoms with Crippen molar-refractivity contribution < 1.29 is 13.9 Å². The number of benzene rings is 3. The predicted octanol–water partition coefficient (Wildman–Crippen LogP) is 4.87. The van der Waals surface area contributed by atoms with Gasteiger partial charge in [0, 0.05) is 22.4 Å². The van der Waals surface area contributed by atoms with Crippen LogP contribution in [0.25, 0.3) is 21.8 Å². The molecule has 0 spiro atoms. The second kappa shape index (κ2) is 6.52. The highest BCUT2D eigenvalue weighted by atomic mass is 19.1. The highest BCUT2D eigenvalue weighted by molar-refractivity contribution is 6.07. The van der Waals surface area contributed by atoms with Crippen molar-refractivity contribution in [2.75, 3.05) is 5.32 Å². The van der Waals surface area contributed by atoms with Crippen molar-refractivity contribution in [2.24, 2.45) is 0 Å². The lowest BCUT2D eigenvalue weighted by molar-refractivity contribution is -0.122. The number of hydrogen-bond acceptors (Lipinski definition) is 2. The second-order valence-electron chi connectivity index (χ2n) is 6.11. The lowest BCUT2D eigenvalue weighted by atomic mass is 10.1. The molecule has 26 heavy (non-hydrogen) atoms. The summed E-state index contributed by atoms with van der Waals surface area (Å²) in [5.41, 5.74) is 2.12. The Balaban J connectivity index is 1.53. The number of para-hydroxylation sites is 2. The van der Waals surface area contributed by atoms with Gasteiger partial charge in [-0.3, -0.25) is 4.79 Å². The molecular formula is C21H17FN2O2. The molecule has 130 valence electrons. The number of hydrogen-bond donors (Lipinski definition) is 2. The largest absolute Gasteiger partial charge is 0.481 e. The Bertz CT molecular complexity index is 1100. The van der Waals surface area contributed by atoms with Gasteiger partial charge >= 0.3 is 0 Å². The molecule has 0 unspecified atom stereocenters. The Labute approximate surface area is 149 Å². The number of fused-ring (bicyclic) bond motifs is 3. The van der Waals surface area contributed by atoms with Crippen molar-refractivity contribution in [1.82, 2.24) is 4.98 Å². The zero-order valence-electron chi connectivity index (χ0n) is 14.1. The summed E-state index contributed by atoms with van der Waals surface area (Å²) in [7, 11) is 0. The van der Waals surface area contributed by atoms with Crippen LogP contribution in [0.15, 0.2) is 66.7 Å². The zero-order chi connectivity index (χ0) is 18.1. The summed E-state index contributed by atoms with van der Waals surface area (Å²) in [4.78, 5) is 15.6. The van der Waals surface area contributed by atoms with Crippen molar-refractivity contribution in [3.05, 3.63) is 72.5 Å². The van der Waals surface area contributed by atoms with Crippen molar-refractivity contribution >= 4 is 33.4 Å². The van der Waals surface area contributed by atoms with Gasteiger partial charge in [-0.25, -0.2) is 4.39 Å². The van der Waals surface area contributed by atoms with Crippen LogP contribution in [0.5, 0.6) is 5.75 Å². The number of ether oxygens (including phenoxy) is 1. The van der Waals surface area contributed by atoms with Gasteiger partial charge in [0.15, 0.2) is 6.10 Å². The van der Waals surface area contributed by atoms with Crippen LogP contribution in [-0.2, 0) is 4.79 Å². The number of carbonyl (C=O) groups is 1. The van der Waals surface area contributed by atoms with E-state index >= 15 is 0 Å². The highest BCUT2D eigenvalue weighted by Gasteiger charge is 2.17. The Hall–Kier alpha value is -3.34. The first-order chi connectivity index (χ1) is 12.6. The molecule has 0 aliphatic heterocycles. The van der Waals surface area contributed by atoms with Gasteiger partial charge in [-0.1, -0.05) is 30.3 Å². The minimum atomic E-state index is -0.767. The SMILES string of the molecule is C[C@H](Oc1ccc2c(c1)[nH]c1ccccc12)C(=O)Nc1ccccc1F. The molecule has 0 radical (unpaired) electrons. The molecule has 0 saturated heterocycles. The van der Waals surface area contributed by atoms with Crippen LogP contribution < -0.4 is 10.1 Å². The lowest BCUT2D eigenvalue weighted by Crippen LogP contribution is -2.30. The van der Waals surface area contributed by atoms with E-state index in [-0.39, 0.29) is 5.69 Å². The topological polar surface area (TPSA) is 54.1 Å². The highest BCUT2D eigenvalue weighted by Crippen LogP contribution is 2.28. The Morgan fingerprint density at radius 3 is 2.58 bits per heavy atom. The van der Waals surface area contributed by atoms with Crippen molar-refractivity contribution in [1.29, 1.82) is 0 Å². The van der Waals surface area contributed by atoms with Gasteiger partial charge in [0.2, 0.25) is 0 Å². The fraction of sp³-hybridized carbons (Fsp3) is 0.0952. The Kier molecular flexibility index (Phi) is 4.05. The number of amides is 1. The maximum Gasteiger partial charge on any atom is 0.265 e. The van der Waals surface area contributed by atoms with Crippen LogP contribution in [0, 0.1) is 5.82 Å². The normalized spacial score (nSPS) is 12.2. The molecule has 1 heterocycles. The zero-order valence-corrected chi connectivity index (χ0v) is 14.1. The van der Waals surface area contributed by atoms with E-state index in [0.717, 1.165) is 21.8 Å². The minimum Gasteiger partial charge on any atom is -0.481 e. The molecule has 0 aliphatic rings. The van der Waals surface area contributed by atoms with Crippen LogP contribution >= 0.6 is 0 Å². The molecule has 0 fully saturated rings. The fourth-order valence-electron chi connectivity index (χ4n) is 2.96. The van der Waals surface area contributed by atoms with Gasteiger partial charge in [-0.2, -0.15) is 0 Å². The molecule has 0 bridgehead atoms.